The molecule has 4 heteroatoms. The van der Waals surface area contributed by atoms with E-state index in [-0.39, 0.29) is 24.0 Å². The van der Waals surface area contributed by atoms with Crippen molar-refractivity contribution in [2.75, 3.05) is 0 Å². The van der Waals surface area contributed by atoms with Crippen LogP contribution in [0.15, 0.2) is 23.3 Å². The fourth-order valence-electron chi connectivity index (χ4n) is 4.92. The summed E-state index contributed by atoms with van der Waals surface area (Å²) in [6.45, 7) is 6.44. The second-order valence-corrected chi connectivity index (χ2v) is 9.26. The first kappa shape index (κ1) is 22.9. The van der Waals surface area contributed by atoms with E-state index in [2.05, 4.69) is 32.9 Å². The van der Waals surface area contributed by atoms with Gasteiger partial charge in [-0.3, -0.25) is 9.59 Å². The Kier molecular flexibility index (Phi) is 8.94. The van der Waals surface area contributed by atoms with E-state index in [0.717, 1.165) is 38.5 Å². The number of carbonyl (C=O) groups excluding carboxylic acids is 1. The topological polar surface area (TPSA) is 74.6 Å². The SMILES string of the molecule is CC(C)=CCCC(C)CCC(=O)[C@H]1[C@@H]2CC(CCCCC(=O)O)=C[C@@H]2C[C@@H]1O. The van der Waals surface area contributed by atoms with Gasteiger partial charge in [-0.05, 0) is 83.0 Å². The van der Waals surface area contributed by atoms with Gasteiger partial charge in [0, 0.05) is 18.8 Å². The van der Waals surface area contributed by atoms with Crippen molar-refractivity contribution >= 4 is 11.8 Å². The molecule has 2 aliphatic rings. The molecule has 0 saturated heterocycles. The van der Waals surface area contributed by atoms with E-state index < -0.39 is 12.1 Å². The Morgan fingerprint density at radius 3 is 2.64 bits per heavy atom. The van der Waals surface area contributed by atoms with E-state index in [1.54, 1.807) is 0 Å². The maximum Gasteiger partial charge on any atom is 0.303 e. The molecule has 0 bridgehead atoms. The van der Waals surface area contributed by atoms with Crippen LogP contribution >= 0.6 is 0 Å². The van der Waals surface area contributed by atoms with Crippen LogP contribution in [-0.4, -0.2) is 28.1 Å². The lowest BCUT2D eigenvalue weighted by Crippen LogP contribution is -2.28. The average Bonchev–Trinajstić information content (AvgIpc) is 3.12. The third kappa shape index (κ3) is 6.88. The van der Waals surface area contributed by atoms with Crippen LogP contribution in [0.4, 0.5) is 0 Å². The molecule has 4 nitrogen and oxygen atoms in total. The van der Waals surface area contributed by atoms with Gasteiger partial charge in [-0.1, -0.05) is 30.2 Å². The number of ketones is 1. The van der Waals surface area contributed by atoms with Crippen LogP contribution in [0.3, 0.4) is 0 Å². The van der Waals surface area contributed by atoms with E-state index in [0.29, 0.717) is 31.1 Å². The molecule has 1 saturated carbocycles. The van der Waals surface area contributed by atoms with Gasteiger partial charge in [-0.15, -0.1) is 0 Å². The number of unbranched alkanes of at least 4 members (excludes halogenated alkanes) is 1. The molecule has 28 heavy (non-hydrogen) atoms. The molecule has 0 amide bonds. The molecule has 2 rings (SSSR count). The van der Waals surface area contributed by atoms with Crippen LogP contribution < -0.4 is 0 Å². The summed E-state index contributed by atoms with van der Waals surface area (Å²) in [4.78, 5) is 23.5. The molecular weight excluding hydrogens is 352 g/mol. The molecule has 0 aromatic heterocycles. The molecular formula is C24H38O4. The highest BCUT2D eigenvalue weighted by Crippen LogP contribution is 2.48. The van der Waals surface area contributed by atoms with Crippen molar-refractivity contribution in [2.45, 2.75) is 91.1 Å². The van der Waals surface area contributed by atoms with Crippen molar-refractivity contribution in [2.24, 2.45) is 23.7 Å². The first-order valence-corrected chi connectivity index (χ1v) is 11.0. The predicted molar refractivity (Wildman–Crippen MR) is 112 cm³/mol. The number of carbonyl (C=O) groups is 2. The highest BCUT2D eigenvalue weighted by Gasteiger charge is 2.47. The lowest BCUT2D eigenvalue weighted by atomic mass is 9.83. The van der Waals surface area contributed by atoms with E-state index in [1.807, 2.05) is 0 Å². The highest BCUT2D eigenvalue weighted by atomic mass is 16.4. The first-order chi connectivity index (χ1) is 13.3. The standard InChI is InChI=1S/C24H38O4/c1-16(2)7-6-8-17(3)11-12-21(25)24-20-14-18(9-4-5-10-23(27)28)13-19(20)15-22(24)26/h7,13,17,19-20,22,24,26H,4-6,8-12,14-15H2,1-3H3,(H,27,28)/t17?,19-,20-,22+,24-/m1/s1. The van der Waals surface area contributed by atoms with Gasteiger partial charge in [-0.25, -0.2) is 0 Å². The number of hydrogen-bond donors (Lipinski definition) is 2. The number of allylic oxidation sites excluding steroid dienone is 4. The van der Waals surface area contributed by atoms with E-state index in [9.17, 15) is 14.7 Å². The lowest BCUT2D eigenvalue weighted by molar-refractivity contribution is -0.137. The fraction of sp³-hybridized carbons (Fsp3) is 0.750. The zero-order chi connectivity index (χ0) is 20.7. The molecule has 2 aliphatic carbocycles. The summed E-state index contributed by atoms with van der Waals surface area (Å²) < 4.78 is 0. The smallest absolute Gasteiger partial charge is 0.303 e. The molecule has 0 aromatic rings. The molecule has 0 aromatic carbocycles. The van der Waals surface area contributed by atoms with Gasteiger partial charge in [0.05, 0.1) is 6.10 Å². The number of carboxylic acids is 1. The maximum absolute atomic E-state index is 12.9. The highest BCUT2D eigenvalue weighted by molar-refractivity contribution is 5.82. The summed E-state index contributed by atoms with van der Waals surface area (Å²) in [6.07, 6.45) is 12.1. The largest absolute Gasteiger partial charge is 0.481 e. The lowest BCUT2D eigenvalue weighted by Gasteiger charge is -2.21. The molecule has 0 spiro atoms. The van der Waals surface area contributed by atoms with Crippen molar-refractivity contribution in [3.63, 3.8) is 0 Å². The van der Waals surface area contributed by atoms with Crippen LogP contribution in [-0.2, 0) is 9.59 Å². The van der Waals surface area contributed by atoms with E-state index in [4.69, 9.17) is 5.11 Å². The minimum Gasteiger partial charge on any atom is -0.481 e. The second kappa shape index (κ2) is 10.9. The summed E-state index contributed by atoms with van der Waals surface area (Å²) in [5.41, 5.74) is 2.70. The van der Waals surface area contributed by atoms with Gasteiger partial charge in [0.25, 0.3) is 0 Å². The maximum atomic E-state index is 12.9. The van der Waals surface area contributed by atoms with Crippen LogP contribution in [0.2, 0.25) is 0 Å². The van der Waals surface area contributed by atoms with Crippen LogP contribution in [0.5, 0.6) is 0 Å². The van der Waals surface area contributed by atoms with Gasteiger partial charge in [-0.2, -0.15) is 0 Å². The van der Waals surface area contributed by atoms with Crippen LogP contribution in [0.1, 0.15) is 85.0 Å². The Labute approximate surface area is 170 Å². The van der Waals surface area contributed by atoms with Crippen molar-refractivity contribution in [1.82, 2.24) is 0 Å². The van der Waals surface area contributed by atoms with Crippen LogP contribution in [0, 0.1) is 23.7 Å². The third-order valence-corrected chi connectivity index (χ3v) is 6.49. The predicted octanol–water partition coefficient (Wildman–Crippen LogP) is 5.31. The number of Topliss-reactive ketones (excluding diaryl/α,β-unsaturated/α-hetero) is 1. The number of carboxylic acid groups (broad SMARTS) is 1. The molecule has 0 aliphatic heterocycles. The molecule has 5 atom stereocenters. The third-order valence-electron chi connectivity index (χ3n) is 6.49. The molecule has 1 unspecified atom stereocenters. The first-order valence-electron chi connectivity index (χ1n) is 11.0. The Morgan fingerprint density at radius 1 is 1.21 bits per heavy atom. The number of hydrogen-bond acceptors (Lipinski definition) is 3. The van der Waals surface area contributed by atoms with Gasteiger partial charge in [0.15, 0.2) is 0 Å². The summed E-state index contributed by atoms with van der Waals surface area (Å²) in [7, 11) is 0. The molecule has 0 heterocycles. The Bertz CT molecular complexity index is 600. The number of fused-ring (bicyclic) bond motifs is 1. The van der Waals surface area contributed by atoms with Crippen molar-refractivity contribution in [3.8, 4) is 0 Å². The number of aliphatic carboxylic acids is 1. The van der Waals surface area contributed by atoms with E-state index >= 15 is 0 Å². The molecule has 0 radical (unpaired) electrons. The molecule has 1 fully saturated rings. The van der Waals surface area contributed by atoms with Gasteiger partial charge in [0.2, 0.25) is 0 Å². The Balaban J connectivity index is 1.77. The summed E-state index contributed by atoms with van der Waals surface area (Å²) in [5.74, 6) is 0.422. The van der Waals surface area contributed by atoms with Crippen molar-refractivity contribution in [3.05, 3.63) is 23.3 Å². The molecule has 158 valence electrons. The zero-order valence-corrected chi connectivity index (χ0v) is 17.8. The second-order valence-electron chi connectivity index (χ2n) is 9.26. The van der Waals surface area contributed by atoms with Crippen LogP contribution in [0.25, 0.3) is 0 Å². The van der Waals surface area contributed by atoms with Crippen molar-refractivity contribution in [1.29, 1.82) is 0 Å². The minimum atomic E-state index is -0.735. The quantitative estimate of drug-likeness (QED) is 0.350. The van der Waals surface area contributed by atoms with Crippen molar-refractivity contribution < 1.29 is 19.8 Å². The summed E-state index contributed by atoms with van der Waals surface area (Å²) in [6, 6.07) is 0. The minimum absolute atomic E-state index is 0.206. The normalized spacial score (nSPS) is 27.2. The van der Waals surface area contributed by atoms with Gasteiger partial charge in [0.1, 0.15) is 5.78 Å². The zero-order valence-electron chi connectivity index (χ0n) is 17.8. The fourth-order valence-corrected chi connectivity index (χ4v) is 4.92. The number of aliphatic hydroxyl groups is 1. The number of rotatable bonds is 12. The average molecular weight is 391 g/mol. The summed E-state index contributed by atoms with van der Waals surface area (Å²) >= 11 is 0. The Hall–Kier alpha value is -1.42. The van der Waals surface area contributed by atoms with E-state index in [1.165, 1.54) is 11.1 Å². The van der Waals surface area contributed by atoms with Gasteiger partial charge < -0.3 is 10.2 Å². The molecule has 2 N–H and O–H groups in total. The number of aliphatic hydroxyl groups excluding tert-OH is 1. The Morgan fingerprint density at radius 2 is 1.96 bits per heavy atom. The van der Waals surface area contributed by atoms with Gasteiger partial charge >= 0.3 is 5.97 Å². The summed E-state index contributed by atoms with van der Waals surface area (Å²) in [5, 5.41) is 19.2. The monoisotopic (exact) mass is 390 g/mol.